The van der Waals surface area contributed by atoms with E-state index in [-0.39, 0.29) is 0 Å². The number of benzene rings is 1. The number of aryl methyl sites for hydroxylation is 2. The Bertz CT molecular complexity index is 2280. The van der Waals surface area contributed by atoms with Crippen molar-refractivity contribution in [3.8, 4) is 40.4 Å². The van der Waals surface area contributed by atoms with Crippen LogP contribution in [0.25, 0.3) is 51.4 Å². The number of fused-ring (bicyclic) bond motifs is 1. The molecule has 0 saturated heterocycles. The minimum Gasteiger partial charge on any atom is -0.381 e. The maximum atomic E-state index is 6.33. The monoisotopic (exact) mass is 1120 g/mol. The lowest BCUT2D eigenvalue weighted by atomic mass is 10.0. The average molecular weight is 1120 g/mol. The molecule has 0 fully saturated rings. The highest BCUT2D eigenvalue weighted by atomic mass is 32.1. The SMILES string of the molecule is CCCCCCCCOCCc1cc(-c2sc(-c3ccc(-c4cc(CCOCCCCCCCC)c(-c5cc(CCOCCCCCCCC)c(C)s5)s4)c4nsnc34)cc2CCOCCCCCCCC)sc1C. The predicted molar refractivity (Wildman–Crippen MR) is 332 cm³/mol. The highest BCUT2D eigenvalue weighted by Gasteiger charge is 2.23. The fourth-order valence-corrected chi connectivity index (χ4v) is 15.5. The van der Waals surface area contributed by atoms with Crippen molar-refractivity contribution in [1.82, 2.24) is 8.75 Å². The van der Waals surface area contributed by atoms with Crippen molar-refractivity contribution in [3.05, 3.63) is 68.4 Å². The van der Waals surface area contributed by atoms with Gasteiger partial charge in [0.25, 0.3) is 0 Å². The van der Waals surface area contributed by atoms with Crippen LogP contribution in [0.2, 0.25) is 0 Å². The van der Waals surface area contributed by atoms with Crippen molar-refractivity contribution in [2.75, 3.05) is 52.9 Å². The molecule has 0 radical (unpaired) electrons. The van der Waals surface area contributed by atoms with E-state index in [0.29, 0.717) is 0 Å². The zero-order valence-electron chi connectivity index (χ0n) is 47.5. The third kappa shape index (κ3) is 21.0. The van der Waals surface area contributed by atoms with E-state index in [1.807, 2.05) is 45.3 Å². The molecule has 6 rings (SSSR count). The zero-order valence-corrected chi connectivity index (χ0v) is 51.6. The van der Waals surface area contributed by atoms with Crippen LogP contribution in [-0.2, 0) is 44.6 Å². The van der Waals surface area contributed by atoms with Crippen molar-refractivity contribution in [1.29, 1.82) is 0 Å². The van der Waals surface area contributed by atoms with Gasteiger partial charge in [-0.2, -0.15) is 8.75 Å². The van der Waals surface area contributed by atoms with Gasteiger partial charge in [0.1, 0.15) is 11.0 Å². The first-order valence-electron chi connectivity index (χ1n) is 30.0. The van der Waals surface area contributed by atoms with E-state index in [0.717, 1.165) is 102 Å². The van der Waals surface area contributed by atoms with Crippen LogP contribution in [0, 0.1) is 13.8 Å². The second kappa shape index (κ2) is 36.8. The van der Waals surface area contributed by atoms with Gasteiger partial charge >= 0.3 is 0 Å². The summed E-state index contributed by atoms with van der Waals surface area (Å²) in [5.74, 6) is 0. The van der Waals surface area contributed by atoms with E-state index in [9.17, 15) is 0 Å². The van der Waals surface area contributed by atoms with Gasteiger partial charge in [0, 0.05) is 76.6 Å². The fourth-order valence-electron chi connectivity index (χ4n) is 10.0. The number of nitrogens with zero attached hydrogens (tertiary/aromatic N) is 2. The van der Waals surface area contributed by atoms with Gasteiger partial charge in [0.2, 0.25) is 0 Å². The number of thiophene rings is 4. The van der Waals surface area contributed by atoms with Gasteiger partial charge < -0.3 is 18.9 Å². The molecular weight excluding hydrogens is 1020 g/mol. The lowest BCUT2D eigenvalue weighted by Crippen LogP contribution is -2.01. The normalized spacial score (nSPS) is 11.9. The van der Waals surface area contributed by atoms with Crippen LogP contribution in [0.4, 0.5) is 0 Å². The Labute approximate surface area is 475 Å². The number of hydrogen-bond donors (Lipinski definition) is 0. The Balaban J connectivity index is 1.20. The molecule has 0 aliphatic heterocycles. The van der Waals surface area contributed by atoms with Crippen molar-refractivity contribution >= 4 is 68.1 Å². The van der Waals surface area contributed by atoms with Gasteiger partial charge in [0.15, 0.2) is 0 Å². The molecule has 0 unspecified atom stereocenters. The molecule has 0 aliphatic rings. The van der Waals surface area contributed by atoms with Gasteiger partial charge in [-0.15, -0.1) is 45.3 Å². The molecule has 0 amide bonds. The molecule has 0 saturated carbocycles. The van der Waals surface area contributed by atoms with E-state index in [1.54, 1.807) is 0 Å². The molecule has 0 spiro atoms. The summed E-state index contributed by atoms with van der Waals surface area (Å²) in [7, 11) is 0. The third-order valence-electron chi connectivity index (χ3n) is 14.7. The molecule has 75 heavy (non-hydrogen) atoms. The summed E-state index contributed by atoms with van der Waals surface area (Å²) >= 11 is 9.02. The summed E-state index contributed by atoms with van der Waals surface area (Å²) in [5.41, 5.74) is 9.89. The smallest absolute Gasteiger partial charge is 0.114 e. The molecule has 5 aromatic heterocycles. The molecule has 6 aromatic rings. The first-order chi connectivity index (χ1) is 36.9. The number of hydrogen-bond acceptors (Lipinski definition) is 11. The lowest BCUT2D eigenvalue weighted by Gasteiger charge is -2.05. The maximum absolute atomic E-state index is 6.33. The number of aromatic nitrogens is 2. The van der Waals surface area contributed by atoms with Crippen molar-refractivity contribution in [2.24, 2.45) is 0 Å². The minimum absolute atomic E-state index is 0.736. The molecule has 0 N–H and O–H groups in total. The Kier molecular flexibility index (Phi) is 30.3. The molecular formula is C64H96N2O4S5. The van der Waals surface area contributed by atoms with Crippen LogP contribution in [0.5, 0.6) is 0 Å². The lowest BCUT2D eigenvalue weighted by molar-refractivity contribution is 0.132. The topological polar surface area (TPSA) is 62.7 Å². The fraction of sp³-hybridized carbons (Fsp3) is 0.656. The van der Waals surface area contributed by atoms with Crippen molar-refractivity contribution in [3.63, 3.8) is 0 Å². The van der Waals surface area contributed by atoms with Gasteiger partial charge in [-0.1, -0.05) is 168 Å². The largest absolute Gasteiger partial charge is 0.381 e. The van der Waals surface area contributed by atoms with Crippen molar-refractivity contribution < 1.29 is 18.9 Å². The molecule has 0 aliphatic carbocycles. The molecule has 1 aromatic carbocycles. The van der Waals surface area contributed by atoms with Gasteiger partial charge in [-0.25, -0.2) is 0 Å². The van der Waals surface area contributed by atoms with E-state index in [4.69, 9.17) is 27.7 Å². The molecule has 11 heteroatoms. The van der Waals surface area contributed by atoms with Crippen LogP contribution in [0.1, 0.15) is 214 Å². The number of rotatable bonds is 44. The summed E-state index contributed by atoms with van der Waals surface area (Å²) in [5, 5.41) is 0. The Hall–Kier alpha value is -2.32. The molecule has 0 bridgehead atoms. The Morgan fingerprint density at radius 1 is 0.333 bits per heavy atom. The van der Waals surface area contributed by atoms with Crippen LogP contribution in [0.15, 0.2) is 36.4 Å². The quantitative estimate of drug-likeness (QED) is 0.0355. The highest BCUT2D eigenvalue weighted by Crippen LogP contribution is 2.47. The Morgan fingerprint density at radius 2 is 0.627 bits per heavy atom. The predicted octanol–water partition coefficient (Wildman–Crippen LogP) is 20.9. The zero-order chi connectivity index (χ0) is 52.7. The number of unbranched alkanes of at least 4 members (excludes halogenated alkanes) is 20. The van der Waals surface area contributed by atoms with E-state index >= 15 is 0 Å². The molecule has 6 nitrogen and oxygen atoms in total. The Morgan fingerprint density at radius 3 is 0.960 bits per heavy atom. The van der Waals surface area contributed by atoms with Crippen LogP contribution < -0.4 is 0 Å². The highest BCUT2D eigenvalue weighted by molar-refractivity contribution is 7.25. The molecule has 5 heterocycles. The summed E-state index contributed by atoms with van der Waals surface area (Å²) in [6.45, 7) is 20.2. The van der Waals surface area contributed by atoms with Crippen molar-refractivity contribution in [2.45, 2.75) is 221 Å². The second-order valence-electron chi connectivity index (χ2n) is 21.0. The maximum Gasteiger partial charge on any atom is 0.114 e. The van der Waals surface area contributed by atoms with E-state index in [1.165, 1.54) is 225 Å². The summed E-state index contributed by atoms with van der Waals surface area (Å²) < 4.78 is 35.1. The third-order valence-corrected chi connectivity index (χ3v) is 20.2. The van der Waals surface area contributed by atoms with Gasteiger partial charge in [-0.05, 0) is 112 Å². The van der Waals surface area contributed by atoms with E-state index < -0.39 is 0 Å². The average Bonchev–Trinajstić information content (AvgIpc) is 4.29. The first kappa shape index (κ1) is 61.9. The summed E-state index contributed by atoms with van der Waals surface area (Å²) in [6, 6.07) is 14.4. The second-order valence-corrected chi connectivity index (χ2v) is 26.1. The van der Waals surface area contributed by atoms with Gasteiger partial charge in [-0.3, -0.25) is 0 Å². The van der Waals surface area contributed by atoms with Gasteiger partial charge in [0.05, 0.1) is 38.2 Å². The standard InChI is InChI=1S/C64H96N2O4S5/c1-7-11-15-19-23-27-37-67-41-33-51-45-59(71-49(51)5)63-53(35-43-69-39-29-25-21-17-13-9-3)47-57(73-63)55-31-32-56(62-61(55)65-75-66-62)58-48-54(36-44-70-40-30-26-22-18-14-10-4)64(74-58)60-46-52(50(6)72-60)34-42-68-38-28-24-20-16-12-8-2/h31-32,45-48H,7-30,33-44H2,1-6H3. The molecule has 0 atom stereocenters. The molecule has 416 valence electrons. The summed E-state index contributed by atoms with van der Waals surface area (Å²) in [4.78, 5) is 10.7. The van der Waals surface area contributed by atoms with Crippen LogP contribution >= 0.6 is 57.1 Å². The van der Waals surface area contributed by atoms with E-state index in [2.05, 4.69) is 77.9 Å². The summed E-state index contributed by atoms with van der Waals surface area (Å²) in [6.07, 6.45) is 34.6. The first-order valence-corrected chi connectivity index (χ1v) is 34.0. The van der Waals surface area contributed by atoms with Crippen LogP contribution in [0.3, 0.4) is 0 Å². The number of ether oxygens (including phenoxy) is 4. The minimum atomic E-state index is 0.736. The van der Waals surface area contributed by atoms with Crippen LogP contribution in [-0.4, -0.2) is 61.6 Å².